The first-order valence-electron chi connectivity index (χ1n) is 6.05. The van der Waals surface area contributed by atoms with Gasteiger partial charge in [0, 0.05) is 17.2 Å². The van der Waals surface area contributed by atoms with Crippen LogP contribution in [-0.4, -0.2) is 10.7 Å². The molecule has 0 spiro atoms. The van der Waals surface area contributed by atoms with Gasteiger partial charge in [0.25, 0.3) is 0 Å². The number of thioether (sulfide) groups is 1. The Hall–Kier alpha value is -0.0600. The molecule has 1 atom stereocenters. The Bertz CT molecular complexity index is 286. The Morgan fingerprint density at radius 1 is 1.44 bits per heavy atom. The molecule has 0 amide bonds. The van der Waals surface area contributed by atoms with Crippen LogP contribution in [0.15, 0.2) is 5.38 Å². The fraction of sp³-hybridized carbons (Fsp3) is 0.750. The van der Waals surface area contributed by atoms with Gasteiger partial charge in [-0.05, 0) is 18.6 Å². The van der Waals surface area contributed by atoms with Crippen LogP contribution in [0.4, 0.5) is 0 Å². The SMILES string of the molecule is CCCCC(N)c1csc(CSCCC)n1. The molecule has 2 N–H and O–H groups in total. The number of hydrogen-bond donors (Lipinski definition) is 1. The summed E-state index contributed by atoms with van der Waals surface area (Å²) in [5.74, 6) is 2.26. The minimum absolute atomic E-state index is 0.140. The molecule has 1 rings (SSSR count). The molecule has 1 heterocycles. The van der Waals surface area contributed by atoms with Crippen LogP contribution in [0.5, 0.6) is 0 Å². The molecule has 1 aromatic rings. The number of rotatable bonds is 8. The molecular weight excluding hydrogens is 236 g/mol. The molecule has 0 aliphatic carbocycles. The normalized spacial score (nSPS) is 12.9. The summed E-state index contributed by atoms with van der Waals surface area (Å²) >= 11 is 3.71. The van der Waals surface area contributed by atoms with Gasteiger partial charge in [-0.15, -0.1) is 11.3 Å². The van der Waals surface area contributed by atoms with Crippen molar-refractivity contribution < 1.29 is 0 Å². The van der Waals surface area contributed by atoms with Gasteiger partial charge in [0.15, 0.2) is 0 Å². The number of hydrogen-bond acceptors (Lipinski definition) is 4. The zero-order valence-corrected chi connectivity index (χ0v) is 11.9. The Morgan fingerprint density at radius 2 is 2.25 bits per heavy atom. The summed E-state index contributed by atoms with van der Waals surface area (Å²) in [6.45, 7) is 4.40. The minimum Gasteiger partial charge on any atom is -0.323 e. The van der Waals surface area contributed by atoms with E-state index in [-0.39, 0.29) is 6.04 Å². The van der Waals surface area contributed by atoms with Crippen LogP contribution < -0.4 is 5.73 Å². The molecule has 0 aliphatic rings. The van der Waals surface area contributed by atoms with Gasteiger partial charge in [-0.2, -0.15) is 11.8 Å². The Balaban J connectivity index is 2.37. The van der Waals surface area contributed by atoms with Gasteiger partial charge in [-0.1, -0.05) is 26.7 Å². The van der Waals surface area contributed by atoms with E-state index in [9.17, 15) is 0 Å². The molecule has 0 radical (unpaired) electrons. The van der Waals surface area contributed by atoms with Crippen molar-refractivity contribution in [2.24, 2.45) is 5.73 Å². The summed E-state index contributed by atoms with van der Waals surface area (Å²) in [6.07, 6.45) is 4.69. The first-order valence-corrected chi connectivity index (χ1v) is 8.09. The molecule has 2 nitrogen and oxygen atoms in total. The van der Waals surface area contributed by atoms with E-state index in [1.165, 1.54) is 30.0 Å². The van der Waals surface area contributed by atoms with Crippen LogP contribution in [0, 0.1) is 0 Å². The maximum absolute atomic E-state index is 6.09. The van der Waals surface area contributed by atoms with Gasteiger partial charge in [-0.3, -0.25) is 0 Å². The van der Waals surface area contributed by atoms with Crippen molar-refractivity contribution in [2.45, 2.75) is 51.3 Å². The third-order valence-electron chi connectivity index (χ3n) is 2.39. The predicted octanol–water partition coefficient (Wildman–Crippen LogP) is 3.98. The third-order valence-corrected chi connectivity index (χ3v) is 4.62. The van der Waals surface area contributed by atoms with Gasteiger partial charge in [0.1, 0.15) is 5.01 Å². The number of nitrogens with two attached hydrogens (primary N) is 1. The average molecular weight is 258 g/mol. The summed E-state index contributed by atoms with van der Waals surface area (Å²) in [5.41, 5.74) is 7.18. The van der Waals surface area contributed by atoms with Crippen LogP contribution in [0.1, 0.15) is 56.3 Å². The summed E-state index contributed by atoms with van der Waals surface area (Å²) in [5, 5.41) is 3.35. The van der Waals surface area contributed by atoms with Crippen molar-refractivity contribution in [1.82, 2.24) is 4.98 Å². The molecule has 92 valence electrons. The quantitative estimate of drug-likeness (QED) is 0.717. The summed E-state index contributed by atoms with van der Waals surface area (Å²) in [7, 11) is 0. The molecule has 16 heavy (non-hydrogen) atoms. The highest BCUT2D eigenvalue weighted by molar-refractivity contribution is 7.98. The predicted molar refractivity (Wildman–Crippen MR) is 75.0 cm³/mol. The molecule has 0 bridgehead atoms. The van der Waals surface area contributed by atoms with Crippen molar-refractivity contribution in [3.05, 3.63) is 16.1 Å². The topological polar surface area (TPSA) is 38.9 Å². The molecule has 0 saturated carbocycles. The van der Waals surface area contributed by atoms with E-state index in [2.05, 4.69) is 24.2 Å². The maximum atomic E-state index is 6.09. The second-order valence-corrected chi connectivity index (χ2v) is 6.02. The lowest BCUT2D eigenvalue weighted by atomic mass is 10.1. The summed E-state index contributed by atoms with van der Waals surface area (Å²) in [6, 6.07) is 0.140. The Kier molecular flexibility index (Phi) is 7.08. The van der Waals surface area contributed by atoms with Crippen LogP contribution in [0.2, 0.25) is 0 Å². The highest BCUT2D eigenvalue weighted by atomic mass is 32.2. The monoisotopic (exact) mass is 258 g/mol. The van der Waals surface area contributed by atoms with Gasteiger partial charge < -0.3 is 5.73 Å². The lowest BCUT2D eigenvalue weighted by Gasteiger charge is -2.06. The zero-order chi connectivity index (χ0) is 11.8. The fourth-order valence-electron chi connectivity index (χ4n) is 1.44. The zero-order valence-electron chi connectivity index (χ0n) is 10.2. The van der Waals surface area contributed by atoms with E-state index in [1.807, 2.05) is 11.8 Å². The van der Waals surface area contributed by atoms with E-state index < -0.39 is 0 Å². The highest BCUT2D eigenvalue weighted by Crippen LogP contribution is 2.22. The Morgan fingerprint density at radius 3 is 2.94 bits per heavy atom. The number of nitrogens with zero attached hydrogens (tertiary/aromatic N) is 1. The number of thiazole rings is 1. The van der Waals surface area contributed by atoms with Crippen LogP contribution in [0.25, 0.3) is 0 Å². The van der Waals surface area contributed by atoms with E-state index in [4.69, 9.17) is 5.73 Å². The molecule has 0 fully saturated rings. The van der Waals surface area contributed by atoms with Crippen LogP contribution >= 0.6 is 23.1 Å². The van der Waals surface area contributed by atoms with Crippen molar-refractivity contribution >= 4 is 23.1 Å². The van der Waals surface area contributed by atoms with Crippen molar-refractivity contribution in [3.8, 4) is 0 Å². The summed E-state index contributed by atoms with van der Waals surface area (Å²) in [4.78, 5) is 4.61. The van der Waals surface area contributed by atoms with Gasteiger partial charge >= 0.3 is 0 Å². The molecule has 0 aliphatic heterocycles. The number of unbranched alkanes of at least 4 members (excludes halogenated alkanes) is 1. The maximum Gasteiger partial charge on any atom is 0.103 e. The second-order valence-electron chi connectivity index (χ2n) is 3.97. The summed E-state index contributed by atoms with van der Waals surface area (Å²) < 4.78 is 0. The third kappa shape index (κ3) is 4.85. The van der Waals surface area contributed by atoms with E-state index in [1.54, 1.807) is 11.3 Å². The number of aromatic nitrogens is 1. The van der Waals surface area contributed by atoms with E-state index in [0.717, 1.165) is 17.9 Å². The first-order chi connectivity index (χ1) is 7.77. The molecule has 0 saturated heterocycles. The van der Waals surface area contributed by atoms with E-state index in [0.29, 0.717) is 0 Å². The second kappa shape index (κ2) is 8.09. The molecular formula is C12H22N2S2. The molecule has 4 heteroatoms. The molecule has 1 unspecified atom stereocenters. The van der Waals surface area contributed by atoms with Gasteiger partial charge in [-0.25, -0.2) is 4.98 Å². The van der Waals surface area contributed by atoms with Crippen LogP contribution in [0.3, 0.4) is 0 Å². The van der Waals surface area contributed by atoms with Gasteiger partial charge in [0.2, 0.25) is 0 Å². The highest BCUT2D eigenvalue weighted by Gasteiger charge is 2.09. The van der Waals surface area contributed by atoms with Crippen molar-refractivity contribution in [2.75, 3.05) is 5.75 Å². The van der Waals surface area contributed by atoms with Gasteiger partial charge in [0.05, 0.1) is 5.69 Å². The van der Waals surface area contributed by atoms with Crippen molar-refractivity contribution in [1.29, 1.82) is 0 Å². The smallest absolute Gasteiger partial charge is 0.103 e. The van der Waals surface area contributed by atoms with E-state index >= 15 is 0 Å². The minimum atomic E-state index is 0.140. The Labute approximate surface area is 107 Å². The fourth-order valence-corrected chi connectivity index (χ4v) is 3.27. The standard InChI is InChI=1S/C12H22N2S2/c1-3-5-6-10(13)11-8-16-12(14-11)9-15-7-4-2/h8,10H,3-7,9,13H2,1-2H3. The molecule has 0 aromatic carbocycles. The largest absolute Gasteiger partial charge is 0.323 e. The van der Waals surface area contributed by atoms with Crippen LogP contribution in [-0.2, 0) is 5.75 Å². The molecule has 1 aromatic heterocycles. The average Bonchev–Trinajstić information content (AvgIpc) is 2.75. The van der Waals surface area contributed by atoms with Crippen molar-refractivity contribution in [3.63, 3.8) is 0 Å². The lowest BCUT2D eigenvalue weighted by Crippen LogP contribution is -2.10. The lowest BCUT2D eigenvalue weighted by molar-refractivity contribution is 0.592. The first kappa shape index (κ1) is 14.0.